The van der Waals surface area contributed by atoms with E-state index >= 15 is 0 Å². The quantitative estimate of drug-likeness (QED) is 0.526. The van der Waals surface area contributed by atoms with Gasteiger partial charge in [-0.15, -0.1) is 5.10 Å². The van der Waals surface area contributed by atoms with Gasteiger partial charge >= 0.3 is 0 Å². The lowest BCUT2D eigenvalue weighted by molar-refractivity contribution is 0.516. The molecule has 0 aliphatic heterocycles. The predicted octanol–water partition coefficient (Wildman–Crippen LogP) is -0.704. The molecule has 0 aliphatic carbocycles. The standard InChI is InChI=1S/C9H15N7/c1-15-6-11-4-9(15)8(12-10)3-7-5-16(2)14-13-7/h4-6,8,12H,3,10H2,1-2H3. The zero-order chi connectivity index (χ0) is 11.5. The van der Waals surface area contributed by atoms with Gasteiger partial charge in [-0.3, -0.25) is 16.0 Å². The summed E-state index contributed by atoms with van der Waals surface area (Å²) in [6.45, 7) is 0. The lowest BCUT2D eigenvalue weighted by Crippen LogP contribution is -2.31. The van der Waals surface area contributed by atoms with Crippen LogP contribution in [-0.4, -0.2) is 24.5 Å². The van der Waals surface area contributed by atoms with Crippen LogP contribution in [0.4, 0.5) is 0 Å². The summed E-state index contributed by atoms with van der Waals surface area (Å²) in [4.78, 5) is 4.06. The van der Waals surface area contributed by atoms with Crippen molar-refractivity contribution in [1.82, 2.24) is 30.0 Å². The summed E-state index contributed by atoms with van der Waals surface area (Å²) in [6, 6.07) is -0.0100. The lowest BCUT2D eigenvalue weighted by atomic mass is 10.1. The van der Waals surface area contributed by atoms with Gasteiger partial charge in [0.2, 0.25) is 0 Å². The number of nitrogens with one attached hydrogen (secondary N) is 1. The second-order valence-electron chi connectivity index (χ2n) is 3.74. The van der Waals surface area contributed by atoms with Crippen LogP contribution in [0.1, 0.15) is 17.4 Å². The molecule has 2 aromatic rings. The van der Waals surface area contributed by atoms with E-state index in [1.807, 2.05) is 24.9 Å². The van der Waals surface area contributed by atoms with E-state index in [4.69, 9.17) is 5.84 Å². The summed E-state index contributed by atoms with van der Waals surface area (Å²) in [6.07, 6.45) is 6.10. The SMILES string of the molecule is Cn1cc(CC(NN)c2cncn2C)nn1. The molecule has 86 valence electrons. The topological polar surface area (TPSA) is 86.6 Å². The number of rotatable bonds is 4. The molecule has 2 aromatic heterocycles. The maximum atomic E-state index is 5.54. The van der Waals surface area contributed by atoms with Gasteiger partial charge in [0.25, 0.3) is 0 Å². The Balaban J connectivity index is 2.15. The predicted molar refractivity (Wildman–Crippen MR) is 58.0 cm³/mol. The van der Waals surface area contributed by atoms with E-state index in [2.05, 4.69) is 20.7 Å². The highest BCUT2D eigenvalue weighted by Crippen LogP contribution is 2.14. The van der Waals surface area contributed by atoms with Crippen molar-refractivity contribution in [3.63, 3.8) is 0 Å². The molecule has 0 radical (unpaired) electrons. The Morgan fingerprint density at radius 3 is 2.81 bits per heavy atom. The smallest absolute Gasteiger partial charge is 0.0946 e. The van der Waals surface area contributed by atoms with Crippen molar-refractivity contribution in [2.24, 2.45) is 19.9 Å². The third kappa shape index (κ3) is 2.10. The molecular weight excluding hydrogens is 206 g/mol. The van der Waals surface area contributed by atoms with Crippen LogP contribution in [-0.2, 0) is 20.5 Å². The summed E-state index contributed by atoms with van der Waals surface area (Å²) in [5.41, 5.74) is 4.68. The first kappa shape index (κ1) is 10.8. The number of nitrogens with zero attached hydrogens (tertiary/aromatic N) is 5. The monoisotopic (exact) mass is 221 g/mol. The molecule has 2 rings (SSSR count). The van der Waals surface area contributed by atoms with Crippen LogP contribution >= 0.6 is 0 Å². The number of hydrazine groups is 1. The Kier molecular flexibility index (Phi) is 2.97. The highest BCUT2D eigenvalue weighted by Gasteiger charge is 2.15. The van der Waals surface area contributed by atoms with E-state index < -0.39 is 0 Å². The first-order valence-electron chi connectivity index (χ1n) is 4.98. The highest BCUT2D eigenvalue weighted by atomic mass is 15.4. The van der Waals surface area contributed by atoms with E-state index in [0.29, 0.717) is 6.42 Å². The molecule has 7 heteroatoms. The van der Waals surface area contributed by atoms with E-state index in [0.717, 1.165) is 11.4 Å². The molecule has 0 bridgehead atoms. The number of aryl methyl sites for hydroxylation is 2. The van der Waals surface area contributed by atoms with Gasteiger partial charge in [-0.05, 0) is 0 Å². The number of nitrogens with two attached hydrogens (primary N) is 1. The van der Waals surface area contributed by atoms with Crippen molar-refractivity contribution in [3.05, 3.63) is 30.1 Å². The largest absolute Gasteiger partial charge is 0.336 e. The number of hydrogen-bond acceptors (Lipinski definition) is 5. The van der Waals surface area contributed by atoms with E-state index in [-0.39, 0.29) is 6.04 Å². The number of aromatic nitrogens is 5. The molecule has 0 fully saturated rings. The summed E-state index contributed by atoms with van der Waals surface area (Å²) >= 11 is 0. The second-order valence-corrected chi connectivity index (χ2v) is 3.74. The van der Waals surface area contributed by atoms with Crippen molar-refractivity contribution < 1.29 is 0 Å². The van der Waals surface area contributed by atoms with Crippen LogP contribution in [0.5, 0.6) is 0 Å². The molecule has 0 amide bonds. The first-order chi connectivity index (χ1) is 7.70. The van der Waals surface area contributed by atoms with Gasteiger partial charge in [0.05, 0.1) is 23.8 Å². The van der Waals surface area contributed by atoms with Gasteiger partial charge < -0.3 is 4.57 Å². The summed E-state index contributed by atoms with van der Waals surface area (Å²) in [5.74, 6) is 5.54. The molecule has 0 saturated carbocycles. The second kappa shape index (κ2) is 4.42. The molecule has 3 N–H and O–H groups in total. The average molecular weight is 221 g/mol. The summed E-state index contributed by atoms with van der Waals surface area (Å²) < 4.78 is 3.60. The minimum Gasteiger partial charge on any atom is -0.336 e. The zero-order valence-electron chi connectivity index (χ0n) is 9.33. The molecule has 0 aromatic carbocycles. The van der Waals surface area contributed by atoms with Crippen molar-refractivity contribution in [1.29, 1.82) is 0 Å². The molecule has 2 heterocycles. The van der Waals surface area contributed by atoms with Gasteiger partial charge in [-0.1, -0.05) is 5.21 Å². The number of hydrogen-bond donors (Lipinski definition) is 2. The molecular formula is C9H15N7. The van der Waals surface area contributed by atoms with E-state index in [1.54, 1.807) is 17.2 Å². The fraction of sp³-hybridized carbons (Fsp3) is 0.444. The van der Waals surface area contributed by atoms with E-state index in [9.17, 15) is 0 Å². The normalized spacial score (nSPS) is 12.9. The summed E-state index contributed by atoms with van der Waals surface area (Å²) in [7, 11) is 3.77. The average Bonchev–Trinajstić information content (AvgIpc) is 2.84. The molecule has 0 spiro atoms. The van der Waals surface area contributed by atoms with Crippen LogP contribution in [0.15, 0.2) is 18.7 Å². The zero-order valence-corrected chi connectivity index (χ0v) is 9.33. The van der Waals surface area contributed by atoms with Crippen LogP contribution in [0.25, 0.3) is 0 Å². The molecule has 7 nitrogen and oxygen atoms in total. The molecule has 0 aliphatic rings. The summed E-state index contributed by atoms with van der Waals surface area (Å²) in [5, 5.41) is 7.91. The van der Waals surface area contributed by atoms with Crippen molar-refractivity contribution >= 4 is 0 Å². The highest BCUT2D eigenvalue weighted by molar-refractivity contribution is 5.09. The molecule has 0 saturated heterocycles. The molecule has 1 atom stereocenters. The Bertz CT molecular complexity index is 458. The fourth-order valence-electron chi connectivity index (χ4n) is 1.65. The minimum absolute atomic E-state index is 0.0100. The van der Waals surface area contributed by atoms with Crippen LogP contribution < -0.4 is 11.3 Å². The van der Waals surface area contributed by atoms with Gasteiger partial charge in [0.1, 0.15) is 0 Å². The Morgan fingerprint density at radius 1 is 1.50 bits per heavy atom. The van der Waals surface area contributed by atoms with Crippen molar-refractivity contribution in [2.45, 2.75) is 12.5 Å². The Morgan fingerprint density at radius 2 is 2.31 bits per heavy atom. The Hall–Kier alpha value is -1.73. The third-order valence-electron chi connectivity index (χ3n) is 2.48. The third-order valence-corrected chi connectivity index (χ3v) is 2.48. The van der Waals surface area contributed by atoms with Gasteiger partial charge in [-0.25, -0.2) is 4.98 Å². The van der Waals surface area contributed by atoms with Crippen LogP contribution in [0.2, 0.25) is 0 Å². The first-order valence-corrected chi connectivity index (χ1v) is 4.98. The lowest BCUT2D eigenvalue weighted by Gasteiger charge is -2.14. The number of imidazole rings is 1. The van der Waals surface area contributed by atoms with Gasteiger partial charge in [-0.2, -0.15) is 0 Å². The maximum Gasteiger partial charge on any atom is 0.0946 e. The van der Waals surface area contributed by atoms with Gasteiger partial charge in [0.15, 0.2) is 0 Å². The fourth-order valence-corrected chi connectivity index (χ4v) is 1.65. The maximum absolute atomic E-state index is 5.54. The van der Waals surface area contributed by atoms with Crippen molar-refractivity contribution in [2.75, 3.05) is 0 Å². The van der Waals surface area contributed by atoms with E-state index in [1.165, 1.54) is 0 Å². The molecule has 1 unspecified atom stereocenters. The Labute approximate surface area is 93.2 Å². The van der Waals surface area contributed by atoms with Crippen LogP contribution in [0, 0.1) is 0 Å². The van der Waals surface area contributed by atoms with Gasteiger partial charge in [0, 0.05) is 32.9 Å². The molecule has 16 heavy (non-hydrogen) atoms. The van der Waals surface area contributed by atoms with Crippen LogP contribution in [0.3, 0.4) is 0 Å². The minimum atomic E-state index is -0.0100. The van der Waals surface area contributed by atoms with Crippen molar-refractivity contribution in [3.8, 4) is 0 Å².